The zero-order valence-electron chi connectivity index (χ0n) is 11.8. The van der Waals surface area contributed by atoms with Crippen molar-refractivity contribution in [2.75, 3.05) is 12.3 Å². The van der Waals surface area contributed by atoms with Gasteiger partial charge in [0.15, 0.2) is 0 Å². The number of anilines is 1. The lowest BCUT2D eigenvalue weighted by atomic mass is 10.1. The molecule has 0 saturated heterocycles. The van der Waals surface area contributed by atoms with Gasteiger partial charge < -0.3 is 20.0 Å². The smallest absolute Gasteiger partial charge is 0.143 e. The van der Waals surface area contributed by atoms with Gasteiger partial charge in [0.2, 0.25) is 0 Å². The fraction of sp³-hybridized carbons (Fsp3) is 0.250. The van der Waals surface area contributed by atoms with E-state index in [4.69, 9.17) is 10.5 Å². The van der Waals surface area contributed by atoms with Crippen molar-refractivity contribution in [3.8, 4) is 5.75 Å². The molecule has 104 valence electrons. The first-order valence-electron chi connectivity index (χ1n) is 6.77. The van der Waals surface area contributed by atoms with Gasteiger partial charge in [-0.1, -0.05) is 0 Å². The van der Waals surface area contributed by atoms with Gasteiger partial charge >= 0.3 is 0 Å². The van der Waals surface area contributed by atoms with Gasteiger partial charge in [0.1, 0.15) is 12.4 Å². The average molecular weight is 269 g/mol. The Bertz CT molecular complexity index is 726. The number of nitrogen functional groups attached to an aromatic ring is 1. The summed E-state index contributed by atoms with van der Waals surface area (Å²) in [5, 5.41) is 1.07. The zero-order valence-corrected chi connectivity index (χ0v) is 11.8. The standard InChI is InChI=1S/C16H19N3O/c1-11-12(2)18-16-14(6-5-13(17)15(11)16)20-10-9-19-7-3-4-8-19/h3-8,18H,9-10,17H2,1-2H3. The molecule has 4 nitrogen and oxygen atoms in total. The Morgan fingerprint density at radius 2 is 1.95 bits per heavy atom. The van der Waals surface area contributed by atoms with E-state index in [9.17, 15) is 0 Å². The summed E-state index contributed by atoms with van der Waals surface area (Å²) >= 11 is 0. The van der Waals surface area contributed by atoms with Gasteiger partial charge in [-0.2, -0.15) is 0 Å². The summed E-state index contributed by atoms with van der Waals surface area (Å²) in [6, 6.07) is 7.87. The molecule has 3 rings (SSSR count). The molecule has 0 aliphatic heterocycles. The highest BCUT2D eigenvalue weighted by Crippen LogP contribution is 2.33. The van der Waals surface area contributed by atoms with Crippen molar-refractivity contribution in [1.82, 2.24) is 9.55 Å². The van der Waals surface area contributed by atoms with Gasteiger partial charge in [0.25, 0.3) is 0 Å². The van der Waals surface area contributed by atoms with Gasteiger partial charge in [-0.15, -0.1) is 0 Å². The molecule has 0 radical (unpaired) electrons. The number of aryl methyl sites for hydroxylation is 2. The Morgan fingerprint density at radius 1 is 1.20 bits per heavy atom. The predicted molar refractivity (Wildman–Crippen MR) is 82.1 cm³/mol. The SMILES string of the molecule is Cc1[nH]c2c(OCCn3cccc3)ccc(N)c2c1C. The van der Waals surface area contributed by atoms with Crippen molar-refractivity contribution in [1.29, 1.82) is 0 Å². The van der Waals surface area contributed by atoms with Gasteiger partial charge in [0, 0.05) is 29.2 Å². The normalized spacial score (nSPS) is 11.1. The number of nitrogens with zero attached hydrogens (tertiary/aromatic N) is 1. The fourth-order valence-electron chi connectivity index (χ4n) is 2.50. The average Bonchev–Trinajstić information content (AvgIpc) is 3.03. The molecule has 3 aromatic rings. The summed E-state index contributed by atoms with van der Waals surface area (Å²) in [6.07, 6.45) is 4.07. The second-order valence-corrected chi connectivity index (χ2v) is 5.05. The van der Waals surface area contributed by atoms with Crippen LogP contribution in [0, 0.1) is 13.8 Å². The topological polar surface area (TPSA) is 56.0 Å². The van der Waals surface area contributed by atoms with Crippen LogP contribution >= 0.6 is 0 Å². The van der Waals surface area contributed by atoms with E-state index in [1.807, 2.05) is 36.7 Å². The summed E-state index contributed by atoms with van der Waals surface area (Å²) in [7, 11) is 0. The van der Waals surface area contributed by atoms with Crippen LogP contribution in [0.1, 0.15) is 11.3 Å². The number of nitrogens with one attached hydrogen (secondary N) is 1. The fourth-order valence-corrected chi connectivity index (χ4v) is 2.50. The largest absolute Gasteiger partial charge is 0.490 e. The first-order valence-corrected chi connectivity index (χ1v) is 6.77. The second-order valence-electron chi connectivity index (χ2n) is 5.05. The molecule has 20 heavy (non-hydrogen) atoms. The molecular weight excluding hydrogens is 250 g/mol. The first-order chi connectivity index (χ1) is 9.66. The van der Waals surface area contributed by atoms with Crippen LogP contribution in [0.4, 0.5) is 5.69 Å². The Labute approximate surface area is 118 Å². The van der Waals surface area contributed by atoms with E-state index in [1.165, 1.54) is 5.56 Å². The molecule has 4 heteroatoms. The Balaban J connectivity index is 1.85. The minimum absolute atomic E-state index is 0.630. The molecule has 2 heterocycles. The highest BCUT2D eigenvalue weighted by molar-refractivity contribution is 5.98. The van der Waals surface area contributed by atoms with Crippen molar-refractivity contribution in [2.24, 2.45) is 0 Å². The van der Waals surface area contributed by atoms with Crippen LogP contribution in [0.5, 0.6) is 5.75 Å². The Kier molecular flexibility index (Phi) is 3.14. The van der Waals surface area contributed by atoms with Gasteiger partial charge in [-0.25, -0.2) is 0 Å². The number of benzene rings is 1. The van der Waals surface area contributed by atoms with Crippen molar-refractivity contribution in [2.45, 2.75) is 20.4 Å². The summed E-state index contributed by atoms with van der Waals surface area (Å²) in [4.78, 5) is 3.37. The van der Waals surface area contributed by atoms with E-state index in [0.29, 0.717) is 6.61 Å². The minimum Gasteiger partial charge on any atom is -0.490 e. The monoisotopic (exact) mass is 269 g/mol. The van der Waals surface area contributed by atoms with E-state index < -0.39 is 0 Å². The molecule has 0 atom stereocenters. The van der Waals surface area contributed by atoms with Crippen LogP contribution in [0.15, 0.2) is 36.7 Å². The van der Waals surface area contributed by atoms with Gasteiger partial charge in [-0.05, 0) is 43.7 Å². The number of fused-ring (bicyclic) bond motifs is 1. The molecule has 0 saturated carbocycles. The summed E-state index contributed by atoms with van der Waals surface area (Å²) in [5.74, 6) is 0.859. The highest BCUT2D eigenvalue weighted by Gasteiger charge is 2.12. The van der Waals surface area contributed by atoms with Gasteiger partial charge in [0.05, 0.1) is 12.1 Å². The van der Waals surface area contributed by atoms with Crippen molar-refractivity contribution >= 4 is 16.6 Å². The van der Waals surface area contributed by atoms with Crippen LogP contribution in [0.2, 0.25) is 0 Å². The predicted octanol–water partition coefficient (Wildman–Crippen LogP) is 3.25. The minimum atomic E-state index is 0.630. The zero-order chi connectivity index (χ0) is 14.1. The first kappa shape index (κ1) is 12.7. The molecule has 2 aromatic heterocycles. The maximum Gasteiger partial charge on any atom is 0.143 e. The second kappa shape index (κ2) is 4.96. The molecule has 0 bridgehead atoms. The van der Waals surface area contributed by atoms with E-state index >= 15 is 0 Å². The quantitative estimate of drug-likeness (QED) is 0.714. The number of hydrogen-bond acceptors (Lipinski definition) is 2. The maximum absolute atomic E-state index is 6.07. The molecule has 0 unspecified atom stereocenters. The number of nitrogens with two attached hydrogens (primary N) is 1. The van der Waals surface area contributed by atoms with Crippen molar-refractivity contribution in [3.63, 3.8) is 0 Å². The van der Waals surface area contributed by atoms with E-state index in [0.717, 1.165) is 34.6 Å². The van der Waals surface area contributed by atoms with Crippen LogP contribution in [-0.4, -0.2) is 16.2 Å². The van der Waals surface area contributed by atoms with Crippen molar-refractivity contribution in [3.05, 3.63) is 47.9 Å². The number of aromatic nitrogens is 2. The number of rotatable bonds is 4. The number of H-pyrrole nitrogens is 1. The molecule has 3 N–H and O–H groups in total. The maximum atomic E-state index is 6.07. The Hall–Kier alpha value is -2.36. The molecule has 0 spiro atoms. The van der Waals surface area contributed by atoms with E-state index in [1.54, 1.807) is 0 Å². The lowest BCUT2D eigenvalue weighted by Gasteiger charge is -2.09. The van der Waals surface area contributed by atoms with E-state index in [2.05, 4.69) is 23.4 Å². The van der Waals surface area contributed by atoms with E-state index in [-0.39, 0.29) is 0 Å². The van der Waals surface area contributed by atoms with Crippen LogP contribution in [-0.2, 0) is 6.54 Å². The number of hydrogen-bond donors (Lipinski definition) is 2. The molecule has 0 fully saturated rings. The third-order valence-electron chi connectivity index (χ3n) is 3.72. The molecule has 0 aliphatic rings. The number of ether oxygens (including phenoxy) is 1. The third kappa shape index (κ3) is 2.13. The molecular formula is C16H19N3O. The lowest BCUT2D eigenvalue weighted by molar-refractivity contribution is 0.301. The summed E-state index contributed by atoms with van der Waals surface area (Å²) in [5.41, 5.74) is 10.2. The molecule has 0 amide bonds. The lowest BCUT2D eigenvalue weighted by Crippen LogP contribution is -2.06. The Morgan fingerprint density at radius 3 is 2.70 bits per heavy atom. The van der Waals surface area contributed by atoms with Crippen LogP contribution in [0.25, 0.3) is 10.9 Å². The highest BCUT2D eigenvalue weighted by atomic mass is 16.5. The third-order valence-corrected chi connectivity index (χ3v) is 3.72. The van der Waals surface area contributed by atoms with Crippen LogP contribution in [0.3, 0.4) is 0 Å². The van der Waals surface area contributed by atoms with Gasteiger partial charge in [-0.3, -0.25) is 0 Å². The van der Waals surface area contributed by atoms with Crippen molar-refractivity contribution < 1.29 is 4.74 Å². The van der Waals surface area contributed by atoms with Crippen LogP contribution < -0.4 is 10.5 Å². The molecule has 0 aliphatic carbocycles. The number of aromatic amines is 1. The molecule has 1 aromatic carbocycles. The summed E-state index contributed by atoms with van der Waals surface area (Å²) in [6.45, 7) is 5.59. The summed E-state index contributed by atoms with van der Waals surface area (Å²) < 4.78 is 8.01.